The smallest absolute Gasteiger partial charge is 0.333 e. The lowest BCUT2D eigenvalue weighted by Gasteiger charge is -2.25. The minimum Gasteiger partial charge on any atom is -0.462 e. The van der Waals surface area contributed by atoms with E-state index in [1.807, 2.05) is 30.3 Å². The molecule has 98 valence electrons. The number of carbonyl (C=O) groups excluding carboxylic acids is 1. The third kappa shape index (κ3) is 5.01. The summed E-state index contributed by atoms with van der Waals surface area (Å²) < 4.78 is 4.94. The van der Waals surface area contributed by atoms with Gasteiger partial charge in [0.1, 0.15) is 5.72 Å². The first-order valence-corrected chi connectivity index (χ1v) is 5.79. The molecule has 0 saturated carbocycles. The summed E-state index contributed by atoms with van der Waals surface area (Å²) in [6.45, 7) is 6.84. The normalized spacial score (nSPS) is 13.5. The lowest BCUT2D eigenvalue weighted by atomic mass is 10.1. The maximum Gasteiger partial charge on any atom is 0.333 e. The molecule has 4 heteroatoms. The highest BCUT2D eigenvalue weighted by Gasteiger charge is 2.20. The molecular weight excluding hydrogens is 230 g/mol. The van der Waals surface area contributed by atoms with Crippen molar-refractivity contribution in [1.29, 1.82) is 0 Å². The van der Waals surface area contributed by atoms with E-state index in [0.29, 0.717) is 12.0 Å². The molecule has 1 aromatic rings. The van der Waals surface area contributed by atoms with E-state index in [2.05, 4.69) is 11.9 Å². The Morgan fingerprint density at radius 2 is 2.06 bits per heavy atom. The zero-order valence-electron chi connectivity index (χ0n) is 10.8. The molecular formula is C14H19NO3. The highest BCUT2D eigenvalue weighted by Crippen LogP contribution is 2.15. The van der Waals surface area contributed by atoms with E-state index in [0.717, 1.165) is 5.69 Å². The molecule has 0 radical (unpaired) electrons. The number of aliphatic hydroxyl groups is 1. The number of rotatable bonds is 6. The van der Waals surface area contributed by atoms with E-state index in [1.54, 1.807) is 13.8 Å². The Balaban J connectivity index is 2.40. The van der Waals surface area contributed by atoms with Crippen molar-refractivity contribution in [3.05, 3.63) is 42.5 Å². The van der Waals surface area contributed by atoms with Crippen molar-refractivity contribution >= 4 is 11.7 Å². The summed E-state index contributed by atoms with van der Waals surface area (Å²) in [7, 11) is 0. The van der Waals surface area contributed by atoms with Gasteiger partial charge in [-0.3, -0.25) is 0 Å². The van der Waals surface area contributed by atoms with Crippen LogP contribution in [-0.4, -0.2) is 23.4 Å². The van der Waals surface area contributed by atoms with Gasteiger partial charge in [0.2, 0.25) is 0 Å². The number of hydrogen-bond donors (Lipinski definition) is 2. The highest BCUT2D eigenvalue weighted by atomic mass is 16.5. The largest absolute Gasteiger partial charge is 0.462 e. The van der Waals surface area contributed by atoms with E-state index >= 15 is 0 Å². The maximum absolute atomic E-state index is 11.2. The molecule has 1 unspecified atom stereocenters. The van der Waals surface area contributed by atoms with Crippen LogP contribution in [-0.2, 0) is 9.53 Å². The quantitative estimate of drug-likeness (QED) is 0.461. The lowest BCUT2D eigenvalue weighted by molar-refractivity contribution is -0.140. The fraction of sp³-hybridized carbons (Fsp3) is 0.357. The first kappa shape index (κ1) is 14.3. The number of nitrogens with one attached hydrogen (secondary N) is 1. The Labute approximate surface area is 107 Å². The highest BCUT2D eigenvalue weighted by molar-refractivity contribution is 5.86. The van der Waals surface area contributed by atoms with Crippen molar-refractivity contribution in [3.63, 3.8) is 0 Å². The first-order chi connectivity index (χ1) is 8.41. The predicted octanol–water partition coefficient (Wildman–Crippen LogP) is 2.32. The molecule has 0 aliphatic rings. The minimum atomic E-state index is -1.13. The van der Waals surface area contributed by atoms with Gasteiger partial charge in [0, 0.05) is 17.7 Å². The Hall–Kier alpha value is -1.81. The number of anilines is 1. The monoisotopic (exact) mass is 249 g/mol. The lowest BCUT2D eigenvalue weighted by Crippen LogP contribution is -2.35. The van der Waals surface area contributed by atoms with Gasteiger partial charge in [0.05, 0.1) is 6.61 Å². The van der Waals surface area contributed by atoms with Crippen LogP contribution in [0.3, 0.4) is 0 Å². The first-order valence-electron chi connectivity index (χ1n) is 5.79. The summed E-state index contributed by atoms with van der Waals surface area (Å²) in [5.74, 6) is -0.439. The van der Waals surface area contributed by atoms with Crippen LogP contribution in [0.15, 0.2) is 42.5 Å². The van der Waals surface area contributed by atoms with Crippen molar-refractivity contribution in [2.75, 3.05) is 11.9 Å². The van der Waals surface area contributed by atoms with Crippen molar-refractivity contribution in [3.8, 4) is 0 Å². The molecule has 2 N–H and O–H groups in total. The molecule has 1 aromatic carbocycles. The number of ether oxygens (including phenoxy) is 1. The third-order valence-corrected chi connectivity index (χ3v) is 2.36. The van der Waals surface area contributed by atoms with E-state index in [4.69, 9.17) is 4.74 Å². The Morgan fingerprint density at radius 3 is 2.61 bits per heavy atom. The number of esters is 1. The van der Waals surface area contributed by atoms with Gasteiger partial charge >= 0.3 is 5.97 Å². The Morgan fingerprint density at radius 1 is 1.44 bits per heavy atom. The fourth-order valence-corrected chi connectivity index (χ4v) is 1.36. The summed E-state index contributed by atoms with van der Waals surface area (Å²) in [6, 6.07) is 9.36. The van der Waals surface area contributed by atoms with Crippen LogP contribution in [0.1, 0.15) is 20.3 Å². The van der Waals surface area contributed by atoms with Crippen LogP contribution in [0, 0.1) is 0 Å². The van der Waals surface area contributed by atoms with Crippen molar-refractivity contribution < 1.29 is 14.6 Å². The van der Waals surface area contributed by atoms with Crippen molar-refractivity contribution in [2.24, 2.45) is 0 Å². The molecule has 1 rings (SSSR count). The van der Waals surface area contributed by atoms with Gasteiger partial charge in [-0.1, -0.05) is 24.8 Å². The zero-order valence-corrected chi connectivity index (χ0v) is 10.8. The Bertz CT molecular complexity index is 412. The molecule has 0 bridgehead atoms. The second-order valence-corrected chi connectivity index (χ2v) is 4.43. The summed E-state index contributed by atoms with van der Waals surface area (Å²) in [5.41, 5.74) is 0.0378. The van der Waals surface area contributed by atoms with E-state index in [1.165, 1.54) is 0 Å². The second kappa shape index (κ2) is 6.21. The number of carbonyl (C=O) groups is 1. The van der Waals surface area contributed by atoms with Gasteiger partial charge in [0.25, 0.3) is 0 Å². The van der Waals surface area contributed by atoms with Crippen LogP contribution in [0.2, 0.25) is 0 Å². The molecule has 0 heterocycles. The maximum atomic E-state index is 11.2. The van der Waals surface area contributed by atoms with Gasteiger partial charge in [-0.2, -0.15) is 0 Å². The third-order valence-electron chi connectivity index (χ3n) is 2.36. The van der Waals surface area contributed by atoms with Crippen LogP contribution < -0.4 is 5.32 Å². The minimum absolute atomic E-state index is 0.137. The molecule has 0 aliphatic heterocycles. The molecule has 0 aliphatic carbocycles. The molecule has 18 heavy (non-hydrogen) atoms. The van der Waals surface area contributed by atoms with Crippen LogP contribution in [0.4, 0.5) is 5.69 Å². The molecule has 0 fully saturated rings. The number of hydrogen-bond acceptors (Lipinski definition) is 4. The predicted molar refractivity (Wildman–Crippen MR) is 71.1 cm³/mol. The van der Waals surface area contributed by atoms with Crippen molar-refractivity contribution in [1.82, 2.24) is 0 Å². The topological polar surface area (TPSA) is 58.6 Å². The summed E-state index contributed by atoms with van der Waals surface area (Å²) in [4.78, 5) is 11.2. The van der Waals surface area contributed by atoms with Crippen molar-refractivity contribution in [2.45, 2.75) is 26.0 Å². The molecule has 1 atom stereocenters. The molecule has 0 amide bonds. The van der Waals surface area contributed by atoms with E-state index < -0.39 is 11.7 Å². The number of benzene rings is 1. The van der Waals surface area contributed by atoms with Crippen LogP contribution >= 0.6 is 0 Å². The Kier molecular flexibility index (Phi) is 4.92. The zero-order chi connectivity index (χ0) is 13.6. The van der Waals surface area contributed by atoms with Crippen LogP contribution in [0.25, 0.3) is 0 Å². The summed E-state index contributed by atoms with van der Waals surface area (Å²) in [5, 5.41) is 13.1. The van der Waals surface area contributed by atoms with Gasteiger partial charge in [-0.05, 0) is 26.0 Å². The van der Waals surface area contributed by atoms with Gasteiger partial charge in [0.15, 0.2) is 0 Å². The average molecular weight is 249 g/mol. The fourth-order valence-electron chi connectivity index (χ4n) is 1.36. The summed E-state index contributed by atoms with van der Waals surface area (Å²) >= 11 is 0. The second-order valence-electron chi connectivity index (χ2n) is 4.43. The van der Waals surface area contributed by atoms with Gasteiger partial charge in [-0.25, -0.2) is 4.79 Å². The molecule has 4 nitrogen and oxygen atoms in total. The van der Waals surface area contributed by atoms with Crippen LogP contribution in [0.5, 0.6) is 0 Å². The van der Waals surface area contributed by atoms with Gasteiger partial charge in [-0.15, -0.1) is 0 Å². The number of para-hydroxylation sites is 1. The van der Waals surface area contributed by atoms with Gasteiger partial charge < -0.3 is 15.2 Å². The summed E-state index contributed by atoms with van der Waals surface area (Å²) in [6.07, 6.45) is 0.293. The molecule has 0 saturated heterocycles. The molecule has 0 aromatic heterocycles. The van der Waals surface area contributed by atoms with E-state index in [9.17, 15) is 9.90 Å². The SMILES string of the molecule is C=C(C)C(=O)OCCC(C)(O)Nc1ccccc1. The average Bonchev–Trinajstić information content (AvgIpc) is 2.29. The van der Waals surface area contributed by atoms with E-state index in [-0.39, 0.29) is 6.61 Å². The standard InChI is InChI=1S/C14H19NO3/c1-11(2)13(16)18-10-9-14(3,17)15-12-7-5-4-6-8-12/h4-8,15,17H,1,9-10H2,2-3H3. The molecule has 0 spiro atoms.